The summed E-state index contributed by atoms with van der Waals surface area (Å²) in [7, 11) is 1.59. The molecule has 0 saturated carbocycles. The number of rotatable bonds is 3. The lowest BCUT2D eigenvalue weighted by Gasteiger charge is -2.05. The molecule has 15 heavy (non-hydrogen) atoms. The van der Waals surface area contributed by atoms with E-state index in [0.29, 0.717) is 0 Å². The van der Waals surface area contributed by atoms with Crippen LogP contribution < -0.4 is 5.48 Å². The molecule has 0 aliphatic carbocycles. The standard InChI is InChI=1S/C12H12N2O/c1-15-14-12-6-2-4-10(8-12)11-5-3-7-13-9-11/h2-9,14H,1H3. The minimum absolute atomic E-state index is 0.929. The Kier molecular flexibility index (Phi) is 2.95. The van der Waals surface area contributed by atoms with E-state index in [4.69, 9.17) is 4.84 Å². The summed E-state index contributed by atoms with van der Waals surface area (Å²) in [5, 5.41) is 0. The highest BCUT2D eigenvalue weighted by Gasteiger charge is 1.98. The average Bonchev–Trinajstić information content (AvgIpc) is 2.31. The number of hydrogen-bond acceptors (Lipinski definition) is 3. The molecule has 2 rings (SSSR count). The summed E-state index contributed by atoms with van der Waals surface area (Å²) in [5.74, 6) is 0. The van der Waals surface area contributed by atoms with Crippen LogP contribution in [0.15, 0.2) is 48.8 Å². The van der Waals surface area contributed by atoms with Crippen molar-refractivity contribution in [1.29, 1.82) is 0 Å². The first kappa shape index (κ1) is 9.68. The Morgan fingerprint density at radius 1 is 1.13 bits per heavy atom. The van der Waals surface area contributed by atoms with Gasteiger partial charge < -0.3 is 0 Å². The molecule has 1 aromatic heterocycles. The average molecular weight is 200 g/mol. The Morgan fingerprint density at radius 2 is 2.00 bits per heavy atom. The van der Waals surface area contributed by atoms with Crippen LogP contribution in [0, 0.1) is 0 Å². The van der Waals surface area contributed by atoms with Crippen LogP contribution in [0.5, 0.6) is 0 Å². The number of anilines is 1. The Labute approximate surface area is 88.7 Å². The highest BCUT2D eigenvalue weighted by Crippen LogP contribution is 2.21. The van der Waals surface area contributed by atoms with Crippen molar-refractivity contribution in [3.05, 3.63) is 48.8 Å². The maximum absolute atomic E-state index is 4.85. The molecular weight excluding hydrogens is 188 g/mol. The summed E-state index contributed by atoms with van der Waals surface area (Å²) in [4.78, 5) is 8.94. The Morgan fingerprint density at radius 3 is 2.73 bits per heavy atom. The predicted octanol–water partition coefficient (Wildman–Crippen LogP) is 2.72. The van der Waals surface area contributed by atoms with E-state index in [9.17, 15) is 0 Å². The zero-order chi connectivity index (χ0) is 10.5. The van der Waals surface area contributed by atoms with Gasteiger partial charge in [-0.15, -0.1) is 0 Å². The first-order chi connectivity index (χ1) is 7.40. The summed E-state index contributed by atoms with van der Waals surface area (Å²) in [5.41, 5.74) is 5.94. The van der Waals surface area contributed by atoms with Crippen LogP contribution in [0.3, 0.4) is 0 Å². The van der Waals surface area contributed by atoms with E-state index in [1.165, 1.54) is 0 Å². The Bertz CT molecular complexity index is 429. The van der Waals surface area contributed by atoms with Crippen molar-refractivity contribution in [1.82, 2.24) is 4.98 Å². The zero-order valence-electron chi connectivity index (χ0n) is 8.47. The minimum atomic E-state index is 0.929. The fourth-order valence-corrected chi connectivity index (χ4v) is 1.41. The van der Waals surface area contributed by atoms with Crippen molar-refractivity contribution in [2.24, 2.45) is 0 Å². The molecule has 0 radical (unpaired) electrons. The third-order valence-corrected chi connectivity index (χ3v) is 2.08. The van der Waals surface area contributed by atoms with Crippen molar-refractivity contribution in [2.45, 2.75) is 0 Å². The van der Waals surface area contributed by atoms with Gasteiger partial charge in [-0.05, 0) is 23.8 Å². The molecule has 0 unspecified atom stereocenters. The van der Waals surface area contributed by atoms with Crippen molar-refractivity contribution in [3.63, 3.8) is 0 Å². The van der Waals surface area contributed by atoms with Crippen LogP contribution in [-0.2, 0) is 4.84 Å². The summed E-state index contributed by atoms with van der Waals surface area (Å²) < 4.78 is 0. The van der Waals surface area contributed by atoms with E-state index in [2.05, 4.69) is 10.5 Å². The molecular formula is C12H12N2O. The zero-order valence-corrected chi connectivity index (χ0v) is 8.47. The molecule has 1 N–H and O–H groups in total. The minimum Gasteiger partial charge on any atom is -0.279 e. The molecule has 0 aliphatic heterocycles. The number of nitrogens with zero attached hydrogens (tertiary/aromatic N) is 1. The van der Waals surface area contributed by atoms with Gasteiger partial charge in [0, 0.05) is 18.0 Å². The maximum atomic E-state index is 4.85. The van der Waals surface area contributed by atoms with Gasteiger partial charge in [0.25, 0.3) is 0 Å². The summed E-state index contributed by atoms with van der Waals surface area (Å²) in [6.07, 6.45) is 3.60. The molecule has 76 valence electrons. The second-order valence-corrected chi connectivity index (χ2v) is 3.13. The monoisotopic (exact) mass is 200 g/mol. The van der Waals surface area contributed by atoms with E-state index < -0.39 is 0 Å². The molecule has 1 aromatic carbocycles. The number of hydrogen-bond donors (Lipinski definition) is 1. The number of pyridine rings is 1. The maximum Gasteiger partial charge on any atom is 0.0636 e. The SMILES string of the molecule is CONc1cccc(-c2cccnc2)c1. The highest BCUT2D eigenvalue weighted by atomic mass is 16.6. The van der Waals surface area contributed by atoms with Gasteiger partial charge in [0.2, 0.25) is 0 Å². The van der Waals surface area contributed by atoms with Crippen LogP contribution in [0.4, 0.5) is 5.69 Å². The smallest absolute Gasteiger partial charge is 0.0636 e. The van der Waals surface area contributed by atoms with Crippen molar-refractivity contribution in [3.8, 4) is 11.1 Å². The first-order valence-corrected chi connectivity index (χ1v) is 4.69. The van der Waals surface area contributed by atoms with E-state index in [1.54, 1.807) is 13.3 Å². The molecule has 0 amide bonds. The Hall–Kier alpha value is -1.87. The van der Waals surface area contributed by atoms with E-state index in [-0.39, 0.29) is 0 Å². The molecule has 3 nitrogen and oxygen atoms in total. The summed E-state index contributed by atoms with van der Waals surface area (Å²) in [6, 6.07) is 11.9. The fourth-order valence-electron chi connectivity index (χ4n) is 1.41. The second-order valence-electron chi connectivity index (χ2n) is 3.13. The quantitative estimate of drug-likeness (QED) is 0.773. The van der Waals surface area contributed by atoms with Crippen LogP contribution in [-0.4, -0.2) is 12.1 Å². The highest BCUT2D eigenvalue weighted by molar-refractivity contribution is 5.66. The molecule has 2 aromatic rings. The largest absolute Gasteiger partial charge is 0.279 e. The molecule has 0 fully saturated rings. The predicted molar refractivity (Wildman–Crippen MR) is 60.3 cm³/mol. The van der Waals surface area contributed by atoms with Gasteiger partial charge in [-0.1, -0.05) is 18.2 Å². The molecule has 3 heteroatoms. The summed E-state index contributed by atoms with van der Waals surface area (Å²) in [6.45, 7) is 0. The summed E-state index contributed by atoms with van der Waals surface area (Å²) >= 11 is 0. The van der Waals surface area contributed by atoms with Gasteiger partial charge in [-0.3, -0.25) is 15.3 Å². The first-order valence-electron chi connectivity index (χ1n) is 4.69. The van der Waals surface area contributed by atoms with Gasteiger partial charge in [0.05, 0.1) is 12.8 Å². The molecule has 0 spiro atoms. The van der Waals surface area contributed by atoms with Crippen molar-refractivity contribution < 1.29 is 4.84 Å². The van der Waals surface area contributed by atoms with E-state index in [1.807, 2.05) is 42.6 Å². The molecule has 0 bridgehead atoms. The lowest BCUT2D eigenvalue weighted by Crippen LogP contribution is -1.94. The van der Waals surface area contributed by atoms with Gasteiger partial charge in [0.1, 0.15) is 0 Å². The van der Waals surface area contributed by atoms with Gasteiger partial charge in [-0.2, -0.15) is 0 Å². The lowest BCUT2D eigenvalue weighted by molar-refractivity contribution is 0.271. The third-order valence-electron chi connectivity index (χ3n) is 2.08. The van der Waals surface area contributed by atoms with Crippen molar-refractivity contribution in [2.75, 3.05) is 12.6 Å². The fraction of sp³-hybridized carbons (Fsp3) is 0.0833. The molecule has 0 saturated heterocycles. The number of benzene rings is 1. The van der Waals surface area contributed by atoms with Gasteiger partial charge >= 0.3 is 0 Å². The number of nitrogens with one attached hydrogen (secondary N) is 1. The van der Waals surface area contributed by atoms with Crippen LogP contribution in [0.2, 0.25) is 0 Å². The van der Waals surface area contributed by atoms with E-state index in [0.717, 1.165) is 16.8 Å². The van der Waals surface area contributed by atoms with Gasteiger partial charge in [0.15, 0.2) is 0 Å². The Balaban J connectivity index is 2.33. The van der Waals surface area contributed by atoms with Gasteiger partial charge in [-0.25, -0.2) is 0 Å². The van der Waals surface area contributed by atoms with Crippen LogP contribution in [0.25, 0.3) is 11.1 Å². The molecule has 1 heterocycles. The molecule has 0 atom stereocenters. The number of aromatic nitrogens is 1. The van der Waals surface area contributed by atoms with E-state index >= 15 is 0 Å². The topological polar surface area (TPSA) is 34.1 Å². The van der Waals surface area contributed by atoms with Crippen molar-refractivity contribution >= 4 is 5.69 Å². The van der Waals surface area contributed by atoms with Crippen LogP contribution >= 0.6 is 0 Å². The normalized spacial score (nSPS) is 9.93. The van der Waals surface area contributed by atoms with Crippen LogP contribution in [0.1, 0.15) is 0 Å². The second kappa shape index (κ2) is 4.57. The third kappa shape index (κ3) is 2.33. The lowest BCUT2D eigenvalue weighted by atomic mass is 10.1. The molecule has 0 aliphatic rings.